The maximum atomic E-state index is 13.4. The van der Waals surface area contributed by atoms with Gasteiger partial charge in [0.05, 0.1) is 24.7 Å². The number of carbonyl (C=O) groups is 2. The number of rotatable bonds is 8. The zero-order valence-electron chi connectivity index (χ0n) is 19.2. The van der Waals surface area contributed by atoms with Crippen LogP contribution in [0, 0.1) is 20.8 Å². The fourth-order valence-corrected chi connectivity index (χ4v) is 5.56. The number of ether oxygens (including phenoxy) is 2. The zero-order chi connectivity index (χ0) is 23.6. The van der Waals surface area contributed by atoms with Crippen molar-refractivity contribution in [3.8, 4) is 0 Å². The Hall–Kier alpha value is -2.49. The Labute approximate surface area is 189 Å². The monoisotopic (exact) mass is 462 g/mol. The molecule has 3 rings (SSSR count). The largest absolute Gasteiger partial charge is 0.464 e. The third kappa shape index (κ3) is 4.65. The smallest absolute Gasteiger partial charge is 0.354 e. The van der Waals surface area contributed by atoms with Crippen molar-refractivity contribution in [3.63, 3.8) is 0 Å². The van der Waals surface area contributed by atoms with E-state index in [0.717, 1.165) is 18.4 Å². The molecule has 1 fully saturated rings. The highest BCUT2D eigenvalue weighted by Gasteiger charge is 2.33. The third-order valence-corrected chi connectivity index (χ3v) is 7.82. The molecule has 8 nitrogen and oxygen atoms in total. The molecule has 9 heteroatoms. The van der Waals surface area contributed by atoms with Crippen LogP contribution in [0.15, 0.2) is 29.2 Å². The van der Waals surface area contributed by atoms with Crippen LogP contribution in [0.1, 0.15) is 50.5 Å². The van der Waals surface area contributed by atoms with Crippen LogP contribution in [-0.4, -0.2) is 62.0 Å². The Morgan fingerprint density at radius 2 is 1.84 bits per heavy atom. The number of benzene rings is 1. The summed E-state index contributed by atoms with van der Waals surface area (Å²) in [5.74, 6) is -0.921. The first-order valence-corrected chi connectivity index (χ1v) is 12.0. The van der Waals surface area contributed by atoms with Crippen molar-refractivity contribution >= 4 is 21.8 Å². The Bertz CT molecular complexity index is 1110. The number of aryl methyl sites for hydroxylation is 1. The molecule has 0 aliphatic carbocycles. The van der Waals surface area contributed by atoms with E-state index in [4.69, 9.17) is 9.47 Å². The van der Waals surface area contributed by atoms with Crippen LogP contribution in [0.3, 0.4) is 0 Å². The minimum Gasteiger partial charge on any atom is -0.464 e. The van der Waals surface area contributed by atoms with E-state index in [0.29, 0.717) is 23.4 Å². The topological polar surface area (TPSA) is 94.9 Å². The van der Waals surface area contributed by atoms with Gasteiger partial charge in [-0.25, -0.2) is 13.2 Å². The Balaban J connectivity index is 1.97. The average molecular weight is 463 g/mol. The summed E-state index contributed by atoms with van der Waals surface area (Å²) >= 11 is 0. The van der Waals surface area contributed by atoms with Crippen molar-refractivity contribution in [2.75, 3.05) is 26.8 Å². The van der Waals surface area contributed by atoms with Crippen molar-refractivity contribution < 1.29 is 27.5 Å². The number of esters is 1. The van der Waals surface area contributed by atoms with Crippen LogP contribution >= 0.6 is 0 Å². The number of ketones is 1. The molecule has 1 unspecified atom stereocenters. The summed E-state index contributed by atoms with van der Waals surface area (Å²) in [6.45, 7) is 5.61. The fourth-order valence-electron chi connectivity index (χ4n) is 4.14. The number of aromatic nitrogens is 1. The second-order valence-electron chi connectivity index (χ2n) is 8.15. The number of nitrogens with zero attached hydrogens (tertiary/aromatic N) is 2. The van der Waals surface area contributed by atoms with Crippen LogP contribution < -0.4 is 0 Å². The number of carbonyl (C=O) groups excluding carboxylic acids is 2. The van der Waals surface area contributed by atoms with Gasteiger partial charge in [-0.2, -0.15) is 4.31 Å². The van der Waals surface area contributed by atoms with Gasteiger partial charge in [0.1, 0.15) is 5.69 Å². The first-order chi connectivity index (χ1) is 15.1. The third-order valence-electron chi connectivity index (χ3n) is 6.00. The van der Waals surface area contributed by atoms with E-state index < -0.39 is 16.0 Å². The SMILES string of the molecule is COC(=O)c1c(C)c(C(=O)CN(CC2CCCO2)S(=O)(=O)c2ccc(C)cc2)c(C)n1C. The maximum Gasteiger partial charge on any atom is 0.354 e. The summed E-state index contributed by atoms with van der Waals surface area (Å²) in [6, 6.07) is 6.55. The van der Waals surface area contributed by atoms with Crippen molar-refractivity contribution in [1.82, 2.24) is 8.87 Å². The van der Waals surface area contributed by atoms with Gasteiger partial charge in [-0.05, 0) is 51.3 Å². The van der Waals surface area contributed by atoms with Gasteiger partial charge >= 0.3 is 5.97 Å². The van der Waals surface area contributed by atoms with Gasteiger partial charge in [0.2, 0.25) is 10.0 Å². The first-order valence-electron chi connectivity index (χ1n) is 10.5. The zero-order valence-corrected chi connectivity index (χ0v) is 20.0. The molecular weight excluding hydrogens is 432 g/mol. The molecule has 0 radical (unpaired) electrons. The number of sulfonamides is 1. The molecule has 1 aliphatic heterocycles. The second kappa shape index (κ2) is 9.56. The summed E-state index contributed by atoms with van der Waals surface area (Å²) < 4.78 is 40.2. The highest BCUT2D eigenvalue weighted by molar-refractivity contribution is 7.89. The highest BCUT2D eigenvalue weighted by atomic mass is 32.2. The van der Waals surface area contributed by atoms with Crippen molar-refractivity contribution in [2.24, 2.45) is 7.05 Å². The minimum absolute atomic E-state index is 0.0940. The van der Waals surface area contributed by atoms with Crippen LogP contribution in [0.2, 0.25) is 0 Å². The summed E-state index contributed by atoms with van der Waals surface area (Å²) in [6.07, 6.45) is 1.34. The van der Waals surface area contributed by atoms with Gasteiger partial charge in [-0.1, -0.05) is 17.7 Å². The lowest BCUT2D eigenvalue weighted by Crippen LogP contribution is -2.41. The van der Waals surface area contributed by atoms with Crippen LogP contribution in [0.5, 0.6) is 0 Å². The molecular formula is C23H30N2O6S. The van der Waals surface area contributed by atoms with E-state index in [1.165, 1.54) is 11.4 Å². The van der Waals surface area contributed by atoms with Crippen LogP contribution in [0.4, 0.5) is 0 Å². The molecule has 0 N–H and O–H groups in total. The van der Waals surface area contributed by atoms with Crippen LogP contribution in [-0.2, 0) is 26.5 Å². The Morgan fingerprint density at radius 1 is 1.19 bits per heavy atom. The molecule has 1 aromatic carbocycles. The van der Waals surface area contributed by atoms with E-state index in [2.05, 4.69) is 0 Å². The van der Waals surface area contributed by atoms with E-state index in [1.807, 2.05) is 6.92 Å². The van der Waals surface area contributed by atoms with Crippen molar-refractivity contribution in [2.45, 2.75) is 44.6 Å². The normalized spacial score (nSPS) is 16.5. The quantitative estimate of drug-likeness (QED) is 0.442. The molecule has 0 spiro atoms. The van der Waals surface area contributed by atoms with Gasteiger partial charge in [0, 0.05) is 31.5 Å². The average Bonchev–Trinajstić information content (AvgIpc) is 3.33. The standard InChI is InChI=1S/C23H30N2O6S/c1-15-8-10-19(11-9-15)32(28,29)25(13-18-7-6-12-31-18)14-20(26)21-16(2)22(23(27)30-5)24(4)17(21)3/h8-11,18H,6-7,12-14H2,1-5H3. The lowest BCUT2D eigenvalue weighted by molar-refractivity contribution is 0.0588. The Kier molecular flexibility index (Phi) is 7.22. The molecule has 2 heterocycles. The fraction of sp³-hybridized carbons (Fsp3) is 0.478. The maximum absolute atomic E-state index is 13.4. The predicted octanol–water partition coefficient (Wildman–Crippen LogP) is 2.79. The molecule has 0 saturated carbocycles. The molecule has 1 atom stereocenters. The van der Waals surface area contributed by atoms with Gasteiger partial charge in [-0.3, -0.25) is 4.79 Å². The van der Waals surface area contributed by atoms with E-state index in [1.54, 1.807) is 49.7 Å². The molecule has 0 amide bonds. The first kappa shape index (κ1) is 24.2. The van der Waals surface area contributed by atoms with Crippen LogP contribution in [0.25, 0.3) is 0 Å². The van der Waals surface area contributed by atoms with Gasteiger partial charge in [0.15, 0.2) is 5.78 Å². The number of hydrogen-bond acceptors (Lipinski definition) is 6. The van der Waals surface area contributed by atoms with Gasteiger partial charge < -0.3 is 14.0 Å². The molecule has 1 aromatic heterocycles. The van der Waals surface area contributed by atoms with E-state index in [-0.39, 0.29) is 35.6 Å². The van der Waals surface area contributed by atoms with E-state index >= 15 is 0 Å². The molecule has 32 heavy (non-hydrogen) atoms. The number of Topliss-reactive ketones (excluding diaryl/α,β-unsaturated/α-hetero) is 1. The van der Waals surface area contributed by atoms with Crippen molar-refractivity contribution in [1.29, 1.82) is 0 Å². The summed E-state index contributed by atoms with van der Waals surface area (Å²) in [5, 5.41) is 0. The molecule has 1 aliphatic rings. The lowest BCUT2D eigenvalue weighted by atomic mass is 10.1. The summed E-state index contributed by atoms with van der Waals surface area (Å²) in [7, 11) is -0.964. The summed E-state index contributed by atoms with van der Waals surface area (Å²) in [4.78, 5) is 25.7. The van der Waals surface area contributed by atoms with E-state index in [9.17, 15) is 18.0 Å². The molecule has 1 saturated heterocycles. The van der Waals surface area contributed by atoms with Gasteiger partial charge in [-0.15, -0.1) is 0 Å². The molecule has 2 aromatic rings. The van der Waals surface area contributed by atoms with Gasteiger partial charge in [0.25, 0.3) is 0 Å². The molecule has 174 valence electrons. The lowest BCUT2D eigenvalue weighted by Gasteiger charge is -2.24. The predicted molar refractivity (Wildman–Crippen MR) is 119 cm³/mol. The Morgan fingerprint density at radius 3 is 2.41 bits per heavy atom. The van der Waals surface area contributed by atoms with Crippen molar-refractivity contribution in [3.05, 3.63) is 52.3 Å². The summed E-state index contributed by atoms with van der Waals surface area (Å²) in [5.41, 5.74) is 2.62. The minimum atomic E-state index is -3.92. The second-order valence-corrected chi connectivity index (χ2v) is 10.1. The highest BCUT2D eigenvalue weighted by Crippen LogP contribution is 2.25. The molecule has 0 bridgehead atoms. The number of methoxy groups -OCH3 is 1. The number of hydrogen-bond donors (Lipinski definition) is 0.